The van der Waals surface area contributed by atoms with Gasteiger partial charge in [0.2, 0.25) is 5.91 Å². The highest BCUT2D eigenvalue weighted by Gasteiger charge is 2.22. The molecule has 1 fully saturated rings. The second kappa shape index (κ2) is 6.82. The highest BCUT2D eigenvalue weighted by molar-refractivity contribution is 7.09. The van der Waals surface area contributed by atoms with Crippen molar-refractivity contribution in [3.8, 4) is 0 Å². The lowest BCUT2D eigenvalue weighted by Gasteiger charge is -2.29. The van der Waals surface area contributed by atoms with Gasteiger partial charge in [-0.25, -0.2) is 0 Å². The molecule has 1 aromatic rings. The summed E-state index contributed by atoms with van der Waals surface area (Å²) in [7, 11) is 0. The van der Waals surface area contributed by atoms with Crippen LogP contribution >= 0.6 is 11.3 Å². The van der Waals surface area contributed by atoms with Crippen molar-refractivity contribution in [2.75, 3.05) is 26.2 Å². The van der Waals surface area contributed by atoms with Crippen LogP contribution in [0.3, 0.4) is 0 Å². The molecule has 104 valence electrons. The van der Waals surface area contributed by atoms with E-state index in [2.05, 4.69) is 23.3 Å². The highest BCUT2D eigenvalue weighted by Crippen LogP contribution is 2.12. The van der Waals surface area contributed by atoms with E-state index in [1.165, 1.54) is 4.88 Å². The molecule has 1 saturated heterocycles. The van der Waals surface area contributed by atoms with E-state index >= 15 is 0 Å². The van der Waals surface area contributed by atoms with Crippen molar-refractivity contribution in [1.82, 2.24) is 9.80 Å². The Kier molecular flexibility index (Phi) is 5.10. The summed E-state index contributed by atoms with van der Waals surface area (Å²) in [5, 5.41) is 2.06. The maximum atomic E-state index is 12.2. The predicted molar refractivity (Wildman–Crippen MR) is 76.1 cm³/mol. The van der Waals surface area contributed by atoms with Crippen LogP contribution in [0.25, 0.3) is 0 Å². The summed E-state index contributed by atoms with van der Waals surface area (Å²) in [6.45, 7) is 5.38. The van der Waals surface area contributed by atoms with Gasteiger partial charge in [-0.2, -0.15) is 0 Å². The monoisotopic (exact) mass is 280 g/mol. The summed E-state index contributed by atoms with van der Waals surface area (Å²) >= 11 is 1.72. The van der Waals surface area contributed by atoms with E-state index in [-0.39, 0.29) is 11.7 Å². The number of likely N-dealkylation sites (N-methyl/N-ethyl adjacent to an activating group) is 1. The molecule has 1 aliphatic rings. The topological polar surface area (TPSA) is 40.6 Å². The van der Waals surface area contributed by atoms with Crippen LogP contribution in [0.4, 0.5) is 0 Å². The molecule has 1 aromatic heterocycles. The van der Waals surface area contributed by atoms with Crippen LogP contribution in [-0.2, 0) is 16.1 Å². The van der Waals surface area contributed by atoms with Gasteiger partial charge in [-0.15, -0.1) is 11.3 Å². The van der Waals surface area contributed by atoms with Crippen molar-refractivity contribution in [1.29, 1.82) is 0 Å². The summed E-state index contributed by atoms with van der Waals surface area (Å²) in [4.78, 5) is 28.6. The lowest BCUT2D eigenvalue weighted by molar-refractivity contribution is -0.135. The Labute approximate surface area is 118 Å². The summed E-state index contributed by atoms with van der Waals surface area (Å²) < 4.78 is 0. The fourth-order valence-electron chi connectivity index (χ4n) is 2.20. The Bertz CT molecular complexity index is 421. The van der Waals surface area contributed by atoms with Gasteiger partial charge in [0.15, 0.2) is 0 Å². The highest BCUT2D eigenvalue weighted by atomic mass is 32.1. The number of hydrogen-bond acceptors (Lipinski definition) is 4. The molecule has 5 heteroatoms. The van der Waals surface area contributed by atoms with Crippen LogP contribution in [0.5, 0.6) is 0 Å². The van der Waals surface area contributed by atoms with Crippen LogP contribution in [-0.4, -0.2) is 47.7 Å². The molecule has 0 unspecified atom stereocenters. The molecule has 0 aliphatic carbocycles. The summed E-state index contributed by atoms with van der Waals surface area (Å²) in [6, 6.07) is 4.13. The van der Waals surface area contributed by atoms with Gasteiger partial charge in [-0.1, -0.05) is 13.0 Å². The molecule has 0 saturated carbocycles. The number of carbonyl (C=O) groups is 2. The minimum absolute atomic E-state index is 0.144. The zero-order valence-corrected chi connectivity index (χ0v) is 12.1. The minimum atomic E-state index is 0.144. The van der Waals surface area contributed by atoms with E-state index in [9.17, 15) is 9.59 Å². The Morgan fingerprint density at radius 1 is 1.42 bits per heavy atom. The van der Waals surface area contributed by atoms with Gasteiger partial charge in [0, 0.05) is 37.4 Å². The number of carbonyl (C=O) groups excluding carboxylic acids is 2. The van der Waals surface area contributed by atoms with Gasteiger partial charge < -0.3 is 4.90 Å². The number of ketones is 1. The van der Waals surface area contributed by atoms with E-state index in [4.69, 9.17) is 0 Å². The number of likely N-dealkylation sites (tertiary alicyclic amines) is 1. The Hall–Kier alpha value is -1.20. The van der Waals surface area contributed by atoms with Crippen molar-refractivity contribution >= 4 is 23.0 Å². The number of hydrogen-bond donors (Lipinski definition) is 0. The first-order chi connectivity index (χ1) is 9.19. The van der Waals surface area contributed by atoms with Gasteiger partial charge >= 0.3 is 0 Å². The van der Waals surface area contributed by atoms with Crippen LogP contribution < -0.4 is 0 Å². The maximum Gasteiger partial charge on any atom is 0.236 e. The van der Waals surface area contributed by atoms with E-state index in [0.717, 1.165) is 13.1 Å². The standard InChI is InChI=1S/C14H20N2O2S/c1-2-15(10-13-4-3-9-19-13)11-14(18)16-7-5-12(17)6-8-16/h3-4,9H,2,5-8,10-11H2,1H3. The molecule has 19 heavy (non-hydrogen) atoms. The smallest absolute Gasteiger partial charge is 0.236 e. The number of thiophene rings is 1. The van der Waals surface area contributed by atoms with Crippen molar-refractivity contribution in [3.05, 3.63) is 22.4 Å². The molecule has 2 rings (SSSR count). The molecule has 0 radical (unpaired) electrons. The van der Waals surface area contributed by atoms with Gasteiger partial charge in [-0.05, 0) is 18.0 Å². The van der Waals surface area contributed by atoms with Crippen LogP contribution in [0.15, 0.2) is 17.5 Å². The number of piperidine rings is 1. The van der Waals surface area contributed by atoms with Crippen LogP contribution in [0.1, 0.15) is 24.6 Å². The molecule has 0 atom stereocenters. The zero-order chi connectivity index (χ0) is 13.7. The van der Waals surface area contributed by atoms with Gasteiger partial charge in [-0.3, -0.25) is 14.5 Å². The number of nitrogens with zero attached hydrogens (tertiary/aromatic N) is 2. The first-order valence-electron chi connectivity index (χ1n) is 6.73. The van der Waals surface area contributed by atoms with Crippen molar-refractivity contribution < 1.29 is 9.59 Å². The molecule has 4 nitrogen and oxygen atoms in total. The van der Waals surface area contributed by atoms with E-state index in [1.807, 2.05) is 11.0 Å². The lowest BCUT2D eigenvalue weighted by Crippen LogP contribution is -2.44. The minimum Gasteiger partial charge on any atom is -0.341 e. The van der Waals surface area contributed by atoms with E-state index in [0.29, 0.717) is 32.5 Å². The maximum absolute atomic E-state index is 12.2. The molecule has 0 bridgehead atoms. The van der Waals surface area contributed by atoms with Gasteiger partial charge in [0.05, 0.1) is 6.54 Å². The van der Waals surface area contributed by atoms with Gasteiger partial charge in [0.25, 0.3) is 0 Å². The van der Waals surface area contributed by atoms with Crippen molar-refractivity contribution in [2.24, 2.45) is 0 Å². The average molecular weight is 280 g/mol. The third-order valence-corrected chi connectivity index (χ3v) is 4.30. The number of rotatable bonds is 5. The van der Waals surface area contributed by atoms with Crippen LogP contribution in [0, 0.1) is 0 Å². The molecule has 2 heterocycles. The molecule has 1 aliphatic heterocycles. The second-order valence-corrected chi connectivity index (χ2v) is 5.83. The molecule has 0 aromatic carbocycles. The third kappa shape index (κ3) is 4.14. The van der Waals surface area contributed by atoms with Gasteiger partial charge in [0.1, 0.15) is 5.78 Å². The second-order valence-electron chi connectivity index (χ2n) is 4.80. The first kappa shape index (κ1) is 14.2. The summed E-state index contributed by atoms with van der Waals surface area (Å²) in [5.41, 5.74) is 0. The number of amides is 1. The fourth-order valence-corrected chi connectivity index (χ4v) is 2.95. The molecule has 0 spiro atoms. The number of Topliss-reactive ketones (excluding diaryl/α,β-unsaturated/α-hetero) is 1. The molecule has 1 amide bonds. The van der Waals surface area contributed by atoms with Crippen molar-refractivity contribution in [3.63, 3.8) is 0 Å². The quantitative estimate of drug-likeness (QED) is 0.825. The first-order valence-corrected chi connectivity index (χ1v) is 7.61. The van der Waals surface area contributed by atoms with E-state index in [1.54, 1.807) is 11.3 Å². The zero-order valence-electron chi connectivity index (χ0n) is 11.3. The Balaban J connectivity index is 1.84. The van der Waals surface area contributed by atoms with Crippen molar-refractivity contribution in [2.45, 2.75) is 26.3 Å². The summed E-state index contributed by atoms with van der Waals surface area (Å²) in [5.74, 6) is 0.417. The Morgan fingerprint density at radius 3 is 2.74 bits per heavy atom. The normalized spacial score (nSPS) is 16.1. The average Bonchev–Trinajstić information content (AvgIpc) is 2.91. The largest absolute Gasteiger partial charge is 0.341 e. The predicted octanol–water partition coefficient (Wildman–Crippen LogP) is 1.76. The Morgan fingerprint density at radius 2 is 2.16 bits per heavy atom. The molecular weight excluding hydrogens is 260 g/mol. The van der Waals surface area contributed by atoms with Crippen LogP contribution in [0.2, 0.25) is 0 Å². The molecular formula is C14H20N2O2S. The fraction of sp³-hybridized carbons (Fsp3) is 0.571. The lowest BCUT2D eigenvalue weighted by atomic mass is 10.1. The SMILES string of the molecule is CCN(CC(=O)N1CCC(=O)CC1)Cc1cccs1. The molecule has 0 N–H and O–H groups in total. The third-order valence-electron chi connectivity index (χ3n) is 3.44. The summed E-state index contributed by atoms with van der Waals surface area (Å²) in [6.07, 6.45) is 1.03. The van der Waals surface area contributed by atoms with E-state index < -0.39 is 0 Å².